The fourth-order valence-corrected chi connectivity index (χ4v) is 4.60. The molecule has 1 amide bonds. The highest BCUT2D eigenvalue weighted by Gasteiger charge is 2.44. The van der Waals surface area contributed by atoms with Crippen molar-refractivity contribution in [3.63, 3.8) is 0 Å². The molecule has 1 saturated heterocycles. The highest BCUT2D eigenvalue weighted by Crippen LogP contribution is 2.53. The summed E-state index contributed by atoms with van der Waals surface area (Å²) in [6.07, 6.45) is 7.60. The number of nitrogens with one attached hydrogen (secondary N) is 2. The second-order valence-electron chi connectivity index (χ2n) is 9.06. The van der Waals surface area contributed by atoms with Gasteiger partial charge in [0, 0.05) is 48.6 Å². The zero-order valence-corrected chi connectivity index (χ0v) is 18.0. The molecule has 174 valence electrons. The van der Waals surface area contributed by atoms with Crippen molar-refractivity contribution in [1.82, 2.24) is 15.1 Å². The van der Waals surface area contributed by atoms with Crippen LogP contribution in [0.3, 0.4) is 0 Å². The Bertz CT molecular complexity index is 1420. The number of fused-ring (bicyclic) bond motifs is 1. The molecule has 1 aromatic carbocycles. The standard InChI is InChI=1S/C24H20F3N5O2/c25-15-8-14-19(9-16(15)26)28-12-20(14)30-23(33)21-10-18(31-34-21)13-7-17(27)22(29-11-13)32-5-3-24(1-2-24)4-6-32/h7-12,28H,1-6H2,(H,30,33). The first-order chi connectivity index (χ1) is 16.4. The third-order valence-corrected chi connectivity index (χ3v) is 6.90. The maximum atomic E-state index is 14.9. The van der Waals surface area contributed by atoms with Gasteiger partial charge in [0.15, 0.2) is 23.3 Å². The van der Waals surface area contributed by atoms with Crippen LogP contribution in [-0.2, 0) is 0 Å². The largest absolute Gasteiger partial charge is 0.359 e. The maximum Gasteiger partial charge on any atom is 0.294 e. The van der Waals surface area contributed by atoms with Crippen LogP contribution < -0.4 is 10.2 Å². The number of benzene rings is 1. The molecule has 1 spiro atoms. The normalized spacial score (nSPS) is 16.9. The minimum atomic E-state index is -1.03. The molecule has 34 heavy (non-hydrogen) atoms. The van der Waals surface area contributed by atoms with Gasteiger partial charge in [-0.15, -0.1) is 0 Å². The lowest BCUT2D eigenvalue weighted by atomic mass is 9.94. The number of aromatic amines is 1. The van der Waals surface area contributed by atoms with Crippen LogP contribution in [0.25, 0.3) is 22.2 Å². The molecule has 2 N–H and O–H groups in total. The van der Waals surface area contributed by atoms with E-state index in [9.17, 15) is 18.0 Å². The van der Waals surface area contributed by atoms with Crippen LogP contribution >= 0.6 is 0 Å². The lowest BCUT2D eigenvalue weighted by Crippen LogP contribution is -2.35. The van der Waals surface area contributed by atoms with Gasteiger partial charge in [-0.2, -0.15) is 0 Å². The van der Waals surface area contributed by atoms with E-state index in [-0.39, 0.29) is 17.1 Å². The molecule has 4 heterocycles. The van der Waals surface area contributed by atoms with Crippen molar-refractivity contribution in [1.29, 1.82) is 0 Å². The third-order valence-electron chi connectivity index (χ3n) is 6.90. The van der Waals surface area contributed by atoms with Gasteiger partial charge in [-0.25, -0.2) is 18.2 Å². The van der Waals surface area contributed by atoms with Crippen LogP contribution in [0.2, 0.25) is 0 Å². The first kappa shape index (κ1) is 20.8. The average molecular weight is 467 g/mol. The number of aromatic nitrogens is 3. The van der Waals surface area contributed by atoms with Gasteiger partial charge in [0.25, 0.3) is 5.91 Å². The van der Waals surface area contributed by atoms with Crippen molar-refractivity contribution in [2.24, 2.45) is 5.41 Å². The van der Waals surface area contributed by atoms with Crippen molar-refractivity contribution in [3.8, 4) is 11.3 Å². The first-order valence-electron chi connectivity index (χ1n) is 11.1. The molecule has 2 fully saturated rings. The Hall–Kier alpha value is -3.82. The van der Waals surface area contributed by atoms with Crippen LogP contribution in [0.5, 0.6) is 0 Å². The predicted octanol–water partition coefficient (Wildman–Crippen LogP) is 5.27. The van der Waals surface area contributed by atoms with E-state index in [0.29, 0.717) is 27.7 Å². The van der Waals surface area contributed by atoms with Gasteiger partial charge in [-0.05, 0) is 43.2 Å². The zero-order valence-electron chi connectivity index (χ0n) is 18.0. The van der Waals surface area contributed by atoms with Crippen molar-refractivity contribution < 1.29 is 22.5 Å². The molecule has 1 aliphatic carbocycles. The van der Waals surface area contributed by atoms with Gasteiger partial charge in [0.05, 0.1) is 11.2 Å². The van der Waals surface area contributed by atoms with Crippen LogP contribution in [0.15, 0.2) is 41.2 Å². The van der Waals surface area contributed by atoms with E-state index < -0.39 is 23.4 Å². The number of hydrogen-bond acceptors (Lipinski definition) is 5. The third kappa shape index (κ3) is 3.59. The summed E-state index contributed by atoms with van der Waals surface area (Å²) in [6.45, 7) is 1.59. The SMILES string of the molecule is O=C(Nc1c[nH]c2cc(F)c(F)cc12)c1cc(-c2cnc(N3CCC4(CC3)CC4)c(F)c2)no1. The number of hydrogen-bond donors (Lipinski definition) is 2. The molecule has 7 nitrogen and oxygen atoms in total. The van der Waals surface area contributed by atoms with E-state index in [1.807, 2.05) is 4.90 Å². The van der Waals surface area contributed by atoms with E-state index in [0.717, 1.165) is 38.1 Å². The number of carbonyl (C=O) groups is 1. The average Bonchev–Trinajstić information content (AvgIpc) is 3.22. The molecule has 0 unspecified atom stereocenters. The van der Waals surface area contributed by atoms with Crippen LogP contribution in [-0.4, -0.2) is 34.1 Å². The van der Waals surface area contributed by atoms with E-state index >= 15 is 0 Å². The molecule has 0 radical (unpaired) electrons. The van der Waals surface area contributed by atoms with E-state index in [4.69, 9.17) is 4.52 Å². The molecular formula is C24H20F3N5O2. The Morgan fingerprint density at radius 1 is 1.03 bits per heavy atom. The quantitative estimate of drug-likeness (QED) is 0.427. The Kier molecular flexibility index (Phi) is 4.65. The Morgan fingerprint density at radius 2 is 1.79 bits per heavy atom. The molecule has 10 heteroatoms. The van der Waals surface area contributed by atoms with E-state index in [1.54, 1.807) is 0 Å². The minimum absolute atomic E-state index is 0.123. The second kappa shape index (κ2) is 7.61. The monoisotopic (exact) mass is 467 g/mol. The Labute approximate surface area is 191 Å². The van der Waals surface area contributed by atoms with Crippen molar-refractivity contribution in [3.05, 3.63) is 59.9 Å². The van der Waals surface area contributed by atoms with Crippen molar-refractivity contribution in [2.75, 3.05) is 23.3 Å². The van der Waals surface area contributed by atoms with E-state index in [1.165, 1.54) is 37.4 Å². The maximum absolute atomic E-state index is 14.9. The molecule has 1 aliphatic heterocycles. The van der Waals surface area contributed by atoms with Gasteiger partial charge in [-0.1, -0.05) is 5.16 Å². The summed E-state index contributed by atoms with van der Waals surface area (Å²) < 4.78 is 47.0. The fourth-order valence-electron chi connectivity index (χ4n) is 4.60. The smallest absolute Gasteiger partial charge is 0.294 e. The molecule has 0 atom stereocenters. The van der Waals surface area contributed by atoms with Crippen molar-refractivity contribution in [2.45, 2.75) is 25.7 Å². The molecule has 1 saturated carbocycles. The minimum Gasteiger partial charge on any atom is -0.359 e. The highest BCUT2D eigenvalue weighted by atomic mass is 19.2. The van der Waals surface area contributed by atoms with Crippen molar-refractivity contribution >= 4 is 28.3 Å². The van der Waals surface area contributed by atoms with Gasteiger partial charge in [-0.3, -0.25) is 4.79 Å². The lowest BCUT2D eigenvalue weighted by molar-refractivity contribution is 0.0988. The van der Waals surface area contributed by atoms with Gasteiger partial charge in [0.2, 0.25) is 5.76 Å². The van der Waals surface area contributed by atoms with Gasteiger partial charge < -0.3 is 19.7 Å². The topological polar surface area (TPSA) is 87.0 Å². The Balaban J connectivity index is 1.18. The number of pyridine rings is 1. The lowest BCUT2D eigenvalue weighted by Gasteiger charge is -2.33. The number of nitrogens with zero attached hydrogens (tertiary/aromatic N) is 3. The number of H-pyrrole nitrogens is 1. The Morgan fingerprint density at radius 3 is 2.53 bits per heavy atom. The first-order valence-corrected chi connectivity index (χ1v) is 11.1. The number of amides is 1. The summed E-state index contributed by atoms with van der Waals surface area (Å²) in [5.41, 5.74) is 1.70. The van der Waals surface area contributed by atoms with Crippen LogP contribution in [0.1, 0.15) is 36.2 Å². The van der Waals surface area contributed by atoms with Gasteiger partial charge >= 0.3 is 0 Å². The molecule has 2 aliphatic rings. The summed E-state index contributed by atoms with van der Waals surface area (Å²) in [4.78, 5) is 21.7. The molecular weight excluding hydrogens is 447 g/mol. The highest BCUT2D eigenvalue weighted by molar-refractivity contribution is 6.08. The van der Waals surface area contributed by atoms with E-state index in [2.05, 4.69) is 20.4 Å². The van der Waals surface area contributed by atoms with Crippen LogP contribution in [0.4, 0.5) is 24.7 Å². The molecule has 4 aromatic rings. The summed E-state index contributed by atoms with van der Waals surface area (Å²) in [7, 11) is 0. The predicted molar refractivity (Wildman–Crippen MR) is 119 cm³/mol. The zero-order chi connectivity index (χ0) is 23.4. The fraction of sp³-hybridized carbons (Fsp3) is 0.292. The van der Waals surface area contributed by atoms with Crippen LogP contribution in [0, 0.1) is 22.9 Å². The summed E-state index contributed by atoms with van der Waals surface area (Å²) >= 11 is 0. The summed E-state index contributed by atoms with van der Waals surface area (Å²) in [6, 6.07) is 4.70. The summed E-state index contributed by atoms with van der Waals surface area (Å²) in [5, 5.41) is 6.75. The number of carbonyl (C=O) groups excluding carboxylic acids is 1. The molecule has 3 aromatic heterocycles. The number of piperidine rings is 1. The summed E-state index contributed by atoms with van der Waals surface area (Å²) in [5.74, 6) is -2.92. The number of rotatable bonds is 4. The number of anilines is 2. The second-order valence-corrected chi connectivity index (χ2v) is 9.06. The van der Waals surface area contributed by atoms with Gasteiger partial charge in [0.1, 0.15) is 5.69 Å². The molecule has 0 bridgehead atoms. The molecule has 6 rings (SSSR count). The number of halogens is 3.